The number of carboxylic acid groups (broad SMARTS) is 1. The molecule has 1 aromatic heterocycles. The lowest BCUT2D eigenvalue weighted by Crippen LogP contribution is -2.27. The summed E-state index contributed by atoms with van der Waals surface area (Å²) < 4.78 is 2.06. The maximum atomic E-state index is 12.8. The Kier molecular flexibility index (Phi) is 9.52. The number of aryl methyl sites for hydroxylation is 2. The summed E-state index contributed by atoms with van der Waals surface area (Å²) >= 11 is 6.13. The van der Waals surface area contributed by atoms with Crippen molar-refractivity contribution >= 4 is 34.4 Å². The lowest BCUT2D eigenvalue weighted by Gasteiger charge is -2.10. The van der Waals surface area contributed by atoms with Crippen LogP contribution in [0.25, 0.3) is 10.9 Å². The van der Waals surface area contributed by atoms with Gasteiger partial charge in [0, 0.05) is 35.4 Å². The van der Waals surface area contributed by atoms with E-state index in [-0.39, 0.29) is 12.3 Å². The molecule has 6 heteroatoms. The lowest BCUT2D eigenvalue weighted by molar-refractivity contribution is -0.137. The number of fused-ring (bicyclic) bond motifs is 1. The molecule has 2 rings (SSSR count). The van der Waals surface area contributed by atoms with Crippen LogP contribution >= 0.6 is 11.6 Å². The average Bonchev–Trinajstić information content (AvgIpc) is 2.97. The fourth-order valence-corrected chi connectivity index (χ4v) is 4.04. The Bertz CT molecular complexity index is 829. The molecule has 0 unspecified atom stereocenters. The van der Waals surface area contributed by atoms with Crippen LogP contribution in [0, 0.1) is 6.92 Å². The second-order valence-electron chi connectivity index (χ2n) is 7.61. The number of hydrogen-bond acceptors (Lipinski definition) is 2. The highest BCUT2D eigenvalue weighted by molar-refractivity contribution is 6.31. The van der Waals surface area contributed by atoms with Crippen LogP contribution in [0.15, 0.2) is 18.2 Å². The monoisotopic (exact) mass is 420 g/mol. The Balaban J connectivity index is 1.71. The van der Waals surface area contributed by atoms with E-state index in [2.05, 4.69) is 9.88 Å². The number of nitrogens with zero attached hydrogens (tertiary/aromatic N) is 1. The van der Waals surface area contributed by atoms with Gasteiger partial charge in [-0.2, -0.15) is 0 Å². The predicted octanol–water partition coefficient (Wildman–Crippen LogP) is 5.95. The number of unbranched alkanes of at least 4 members (excludes halogenated alkanes) is 7. The van der Waals surface area contributed by atoms with E-state index in [0.29, 0.717) is 11.6 Å². The summed E-state index contributed by atoms with van der Waals surface area (Å²) in [6, 6.07) is 5.77. The van der Waals surface area contributed by atoms with Crippen molar-refractivity contribution in [1.82, 2.24) is 9.88 Å². The number of carbonyl (C=O) groups excluding carboxylic acids is 1. The molecule has 160 valence electrons. The molecule has 1 amide bonds. The fourth-order valence-electron chi connectivity index (χ4n) is 3.86. The number of carbonyl (C=O) groups is 2. The number of aliphatic carboxylic acids is 1. The zero-order valence-corrected chi connectivity index (χ0v) is 18.4. The minimum atomic E-state index is -0.703. The van der Waals surface area contributed by atoms with E-state index in [1.807, 2.05) is 32.0 Å². The molecule has 0 saturated heterocycles. The molecule has 0 fully saturated rings. The van der Waals surface area contributed by atoms with Gasteiger partial charge >= 0.3 is 5.97 Å². The minimum absolute atomic E-state index is 0.0184. The summed E-state index contributed by atoms with van der Waals surface area (Å²) in [5.41, 5.74) is 2.75. The average molecular weight is 421 g/mol. The van der Waals surface area contributed by atoms with Gasteiger partial charge in [0.1, 0.15) is 5.69 Å². The molecule has 0 saturated carbocycles. The predicted molar refractivity (Wildman–Crippen MR) is 119 cm³/mol. The second-order valence-corrected chi connectivity index (χ2v) is 8.04. The van der Waals surface area contributed by atoms with Gasteiger partial charge in [0.15, 0.2) is 0 Å². The molecule has 1 aromatic carbocycles. The topological polar surface area (TPSA) is 71.3 Å². The van der Waals surface area contributed by atoms with Gasteiger partial charge in [-0.25, -0.2) is 0 Å². The van der Waals surface area contributed by atoms with Gasteiger partial charge in [-0.3, -0.25) is 9.59 Å². The van der Waals surface area contributed by atoms with Crippen LogP contribution < -0.4 is 5.32 Å². The summed E-state index contributed by atoms with van der Waals surface area (Å²) in [6.45, 7) is 5.45. The van der Waals surface area contributed by atoms with Crippen LogP contribution in [0.1, 0.15) is 80.8 Å². The molecule has 2 aromatic rings. The fraction of sp³-hybridized carbons (Fsp3) is 0.565. The summed E-state index contributed by atoms with van der Waals surface area (Å²) in [6.07, 6.45) is 8.72. The van der Waals surface area contributed by atoms with Crippen molar-refractivity contribution in [1.29, 1.82) is 0 Å². The highest BCUT2D eigenvalue weighted by Gasteiger charge is 2.19. The number of amides is 1. The van der Waals surface area contributed by atoms with E-state index in [1.165, 1.54) is 6.42 Å². The third-order valence-electron chi connectivity index (χ3n) is 5.41. The molecule has 0 radical (unpaired) electrons. The van der Waals surface area contributed by atoms with Gasteiger partial charge in [-0.1, -0.05) is 50.1 Å². The van der Waals surface area contributed by atoms with E-state index in [9.17, 15) is 9.59 Å². The Labute approximate surface area is 178 Å². The van der Waals surface area contributed by atoms with Gasteiger partial charge < -0.3 is 15.0 Å². The molecule has 5 nitrogen and oxygen atoms in total. The van der Waals surface area contributed by atoms with Crippen molar-refractivity contribution in [2.75, 3.05) is 6.54 Å². The summed E-state index contributed by atoms with van der Waals surface area (Å²) in [5, 5.41) is 13.4. The normalized spacial score (nSPS) is 11.1. The summed E-state index contributed by atoms with van der Waals surface area (Å²) in [5.74, 6) is -0.722. The first-order chi connectivity index (χ1) is 14.0. The summed E-state index contributed by atoms with van der Waals surface area (Å²) in [7, 11) is 0. The van der Waals surface area contributed by atoms with Gasteiger partial charge in [0.2, 0.25) is 0 Å². The second kappa shape index (κ2) is 11.9. The highest BCUT2D eigenvalue weighted by atomic mass is 35.5. The van der Waals surface area contributed by atoms with E-state index in [4.69, 9.17) is 16.7 Å². The smallest absolute Gasteiger partial charge is 0.303 e. The number of hydrogen-bond donors (Lipinski definition) is 2. The third kappa shape index (κ3) is 6.77. The Hall–Kier alpha value is -2.01. The van der Waals surface area contributed by atoms with Gasteiger partial charge in [-0.05, 0) is 50.5 Å². The first-order valence-corrected chi connectivity index (χ1v) is 11.1. The minimum Gasteiger partial charge on any atom is -0.481 e. The molecule has 0 bridgehead atoms. The first kappa shape index (κ1) is 23.3. The van der Waals surface area contributed by atoms with E-state index >= 15 is 0 Å². The molecule has 1 heterocycles. The van der Waals surface area contributed by atoms with Crippen molar-refractivity contribution in [3.8, 4) is 0 Å². The van der Waals surface area contributed by atoms with E-state index < -0.39 is 5.97 Å². The number of rotatable bonds is 13. The summed E-state index contributed by atoms with van der Waals surface area (Å²) in [4.78, 5) is 23.2. The molecule has 0 spiro atoms. The van der Waals surface area contributed by atoms with Crippen molar-refractivity contribution in [3.05, 3.63) is 34.5 Å². The van der Waals surface area contributed by atoms with Crippen LogP contribution in [0.5, 0.6) is 0 Å². The quantitative estimate of drug-likeness (QED) is 0.393. The zero-order valence-electron chi connectivity index (χ0n) is 17.6. The molecular weight excluding hydrogens is 388 g/mol. The number of nitrogens with one attached hydrogen (secondary N) is 1. The molecule has 0 aliphatic rings. The standard InChI is InChI=1S/C23H33ClN2O3/c1-3-26-20-14-13-18(24)16-19(20)17(2)22(26)23(29)25-15-11-9-7-5-4-6-8-10-12-21(27)28/h13-14,16H,3-12,15H2,1-2H3,(H,25,29)(H,27,28). The van der Waals surface area contributed by atoms with Crippen molar-refractivity contribution in [2.24, 2.45) is 0 Å². The SMILES string of the molecule is CCn1c(C(=O)NCCCCCCCCCCC(=O)O)c(C)c2cc(Cl)ccc21. The van der Waals surface area contributed by atoms with Crippen LogP contribution in [-0.4, -0.2) is 28.1 Å². The highest BCUT2D eigenvalue weighted by Crippen LogP contribution is 2.28. The number of benzene rings is 1. The number of carboxylic acids is 1. The Morgan fingerprint density at radius 3 is 2.28 bits per heavy atom. The van der Waals surface area contributed by atoms with Gasteiger partial charge in [0.05, 0.1) is 0 Å². The number of halogens is 1. The maximum absolute atomic E-state index is 12.8. The zero-order chi connectivity index (χ0) is 21.2. The number of aromatic nitrogens is 1. The molecular formula is C23H33ClN2O3. The van der Waals surface area contributed by atoms with Crippen LogP contribution in [0.4, 0.5) is 0 Å². The first-order valence-electron chi connectivity index (χ1n) is 10.7. The Morgan fingerprint density at radius 1 is 1.03 bits per heavy atom. The Morgan fingerprint density at radius 2 is 1.66 bits per heavy atom. The van der Waals surface area contributed by atoms with Gasteiger partial charge in [0.25, 0.3) is 5.91 Å². The molecule has 0 aliphatic carbocycles. The van der Waals surface area contributed by atoms with Crippen LogP contribution in [0.2, 0.25) is 5.02 Å². The third-order valence-corrected chi connectivity index (χ3v) is 5.65. The van der Waals surface area contributed by atoms with Crippen LogP contribution in [0.3, 0.4) is 0 Å². The molecule has 0 atom stereocenters. The molecule has 29 heavy (non-hydrogen) atoms. The maximum Gasteiger partial charge on any atom is 0.303 e. The van der Waals surface area contributed by atoms with Crippen molar-refractivity contribution < 1.29 is 14.7 Å². The van der Waals surface area contributed by atoms with Crippen molar-refractivity contribution in [3.63, 3.8) is 0 Å². The largest absolute Gasteiger partial charge is 0.481 e. The lowest BCUT2D eigenvalue weighted by atomic mass is 10.1. The van der Waals surface area contributed by atoms with E-state index in [0.717, 1.165) is 73.7 Å². The van der Waals surface area contributed by atoms with E-state index in [1.54, 1.807) is 0 Å². The molecule has 2 N–H and O–H groups in total. The van der Waals surface area contributed by atoms with Gasteiger partial charge in [-0.15, -0.1) is 0 Å². The van der Waals surface area contributed by atoms with Crippen LogP contribution in [-0.2, 0) is 11.3 Å². The van der Waals surface area contributed by atoms with Crippen molar-refractivity contribution in [2.45, 2.75) is 78.2 Å². The molecule has 0 aliphatic heterocycles.